The molecule has 144 valence electrons. The summed E-state index contributed by atoms with van der Waals surface area (Å²) in [5, 5.41) is 0. The normalized spacial score (nSPS) is 14.6. The first-order valence-electron chi connectivity index (χ1n) is 9.21. The van der Waals surface area contributed by atoms with Gasteiger partial charge in [0.05, 0.1) is 24.9 Å². The zero-order chi connectivity index (χ0) is 19.7. The Balaban J connectivity index is 1.47. The first-order valence-corrected chi connectivity index (χ1v) is 9.21. The van der Waals surface area contributed by atoms with Gasteiger partial charge in [-0.1, -0.05) is 18.2 Å². The summed E-state index contributed by atoms with van der Waals surface area (Å²) >= 11 is 0. The van der Waals surface area contributed by atoms with Crippen LogP contribution in [0.25, 0.3) is 5.65 Å². The number of hydrogen-bond donors (Lipinski definition) is 0. The Morgan fingerprint density at radius 1 is 1.18 bits per heavy atom. The fraction of sp³-hybridized carbons (Fsp3) is 0.286. The molecule has 4 rings (SSSR count). The van der Waals surface area contributed by atoms with Crippen LogP contribution in [0.2, 0.25) is 0 Å². The van der Waals surface area contributed by atoms with Crippen LogP contribution in [0, 0.1) is 6.92 Å². The molecule has 0 bridgehead atoms. The summed E-state index contributed by atoms with van der Waals surface area (Å²) in [4.78, 5) is 33.2. The van der Waals surface area contributed by atoms with E-state index in [1.54, 1.807) is 23.1 Å². The molecule has 1 aromatic carbocycles. The molecule has 0 aliphatic carbocycles. The Kier molecular flexibility index (Phi) is 4.73. The van der Waals surface area contributed by atoms with Crippen molar-refractivity contribution in [1.82, 2.24) is 14.3 Å². The predicted molar refractivity (Wildman–Crippen MR) is 106 cm³/mol. The number of carbonyl (C=O) groups is 2. The van der Waals surface area contributed by atoms with Gasteiger partial charge in [-0.25, -0.2) is 4.98 Å². The van der Waals surface area contributed by atoms with Gasteiger partial charge in [0.15, 0.2) is 0 Å². The molecule has 2 amide bonds. The second-order valence-electron chi connectivity index (χ2n) is 6.84. The summed E-state index contributed by atoms with van der Waals surface area (Å²) in [5.74, 6) is 0.464. The van der Waals surface area contributed by atoms with Crippen LogP contribution >= 0.6 is 0 Å². The Morgan fingerprint density at radius 2 is 2.00 bits per heavy atom. The third kappa shape index (κ3) is 3.19. The van der Waals surface area contributed by atoms with Crippen molar-refractivity contribution in [2.45, 2.75) is 13.3 Å². The molecular weight excluding hydrogens is 356 g/mol. The summed E-state index contributed by atoms with van der Waals surface area (Å²) in [6, 6.07) is 11.3. The Labute approximate surface area is 163 Å². The second kappa shape index (κ2) is 7.34. The molecule has 0 saturated carbocycles. The number of piperazine rings is 1. The highest BCUT2D eigenvalue weighted by molar-refractivity contribution is 5.99. The smallest absolute Gasteiger partial charge is 0.246 e. The minimum Gasteiger partial charge on any atom is -0.495 e. The number of benzene rings is 1. The van der Waals surface area contributed by atoms with Gasteiger partial charge in [0.1, 0.15) is 17.9 Å². The highest BCUT2D eigenvalue weighted by atomic mass is 16.5. The van der Waals surface area contributed by atoms with Crippen LogP contribution in [0.15, 0.2) is 48.8 Å². The number of ether oxygens (including phenoxy) is 1. The zero-order valence-electron chi connectivity index (χ0n) is 16.0. The van der Waals surface area contributed by atoms with Gasteiger partial charge in [0.25, 0.3) is 0 Å². The number of methoxy groups -OCH3 is 1. The number of aromatic nitrogens is 2. The van der Waals surface area contributed by atoms with Crippen LogP contribution in [0.3, 0.4) is 0 Å². The van der Waals surface area contributed by atoms with Gasteiger partial charge in [-0.2, -0.15) is 0 Å². The lowest BCUT2D eigenvalue weighted by atomic mass is 10.2. The quantitative estimate of drug-likeness (QED) is 0.697. The Hall–Kier alpha value is -3.35. The third-order valence-electron chi connectivity index (χ3n) is 5.09. The topological polar surface area (TPSA) is 67.2 Å². The van der Waals surface area contributed by atoms with E-state index in [0.29, 0.717) is 18.8 Å². The monoisotopic (exact) mass is 378 g/mol. The van der Waals surface area contributed by atoms with E-state index < -0.39 is 0 Å². The molecule has 0 radical (unpaired) electrons. The average Bonchev–Trinajstić information content (AvgIpc) is 3.12. The molecule has 0 N–H and O–H groups in total. The number of rotatable bonds is 4. The van der Waals surface area contributed by atoms with E-state index in [4.69, 9.17) is 4.74 Å². The number of aryl methyl sites for hydroxylation is 1. The number of amides is 2. The van der Waals surface area contributed by atoms with Crippen LogP contribution < -0.4 is 9.64 Å². The number of para-hydroxylation sites is 2. The number of carbonyl (C=O) groups excluding carboxylic acids is 2. The Bertz CT molecular complexity index is 1040. The molecule has 0 spiro atoms. The summed E-state index contributed by atoms with van der Waals surface area (Å²) in [5.41, 5.74) is 3.46. The molecule has 0 atom stereocenters. The van der Waals surface area contributed by atoms with E-state index in [1.165, 1.54) is 0 Å². The van der Waals surface area contributed by atoms with E-state index in [0.717, 1.165) is 22.6 Å². The fourth-order valence-corrected chi connectivity index (χ4v) is 3.59. The van der Waals surface area contributed by atoms with Gasteiger partial charge in [-0.3, -0.25) is 9.59 Å². The SMILES string of the molecule is COc1ccccc1N1CCN(C(=O)Cc2cnc3c(C)cccn23)CC1=O. The lowest BCUT2D eigenvalue weighted by molar-refractivity contribution is -0.136. The second-order valence-corrected chi connectivity index (χ2v) is 6.84. The lowest BCUT2D eigenvalue weighted by Gasteiger charge is -2.34. The number of fused-ring (bicyclic) bond motifs is 1. The van der Waals surface area contributed by atoms with Gasteiger partial charge < -0.3 is 18.9 Å². The van der Waals surface area contributed by atoms with Crippen molar-refractivity contribution in [3.05, 3.63) is 60.0 Å². The third-order valence-corrected chi connectivity index (χ3v) is 5.09. The van der Waals surface area contributed by atoms with Crippen LogP contribution in [0.5, 0.6) is 5.75 Å². The van der Waals surface area contributed by atoms with Crippen LogP contribution in [-0.4, -0.2) is 52.8 Å². The van der Waals surface area contributed by atoms with Crippen molar-refractivity contribution in [3.63, 3.8) is 0 Å². The highest BCUT2D eigenvalue weighted by Crippen LogP contribution is 2.29. The maximum absolute atomic E-state index is 12.8. The number of anilines is 1. The van der Waals surface area contributed by atoms with E-state index in [2.05, 4.69) is 4.98 Å². The molecule has 1 aliphatic heterocycles. The number of imidazole rings is 1. The molecule has 1 aliphatic rings. The summed E-state index contributed by atoms with van der Waals surface area (Å²) in [6.45, 7) is 2.98. The van der Waals surface area contributed by atoms with Crippen LogP contribution in [0.1, 0.15) is 11.3 Å². The summed E-state index contributed by atoms with van der Waals surface area (Å²) in [6.07, 6.45) is 3.85. The number of pyridine rings is 1. The maximum atomic E-state index is 12.8. The highest BCUT2D eigenvalue weighted by Gasteiger charge is 2.29. The van der Waals surface area contributed by atoms with Crippen LogP contribution in [-0.2, 0) is 16.0 Å². The van der Waals surface area contributed by atoms with Crippen molar-refractivity contribution in [1.29, 1.82) is 0 Å². The molecule has 0 unspecified atom stereocenters. The Morgan fingerprint density at radius 3 is 2.79 bits per heavy atom. The molecule has 1 fully saturated rings. The van der Waals surface area contributed by atoms with Crippen LogP contribution in [0.4, 0.5) is 5.69 Å². The molecule has 2 aromatic heterocycles. The molecular formula is C21H22N4O3. The van der Waals surface area contributed by atoms with E-state index in [9.17, 15) is 9.59 Å². The zero-order valence-corrected chi connectivity index (χ0v) is 16.0. The van der Waals surface area contributed by atoms with Gasteiger partial charge in [0, 0.05) is 25.5 Å². The largest absolute Gasteiger partial charge is 0.495 e. The molecule has 3 heterocycles. The van der Waals surface area contributed by atoms with Gasteiger partial charge in [-0.05, 0) is 30.7 Å². The van der Waals surface area contributed by atoms with Gasteiger partial charge in [-0.15, -0.1) is 0 Å². The first-order chi connectivity index (χ1) is 13.6. The van der Waals surface area contributed by atoms with Crippen molar-refractivity contribution in [2.75, 3.05) is 31.6 Å². The summed E-state index contributed by atoms with van der Waals surface area (Å²) in [7, 11) is 1.58. The standard InChI is InChI=1S/C21H22N4O3/c1-15-6-5-9-24-16(13-22-21(15)24)12-19(26)23-10-11-25(20(27)14-23)17-7-3-4-8-18(17)28-2/h3-9,13H,10-12,14H2,1-2H3. The number of nitrogens with zero attached hydrogens (tertiary/aromatic N) is 4. The lowest BCUT2D eigenvalue weighted by Crippen LogP contribution is -2.52. The molecule has 7 heteroatoms. The van der Waals surface area contributed by atoms with Gasteiger partial charge >= 0.3 is 0 Å². The minimum absolute atomic E-state index is 0.0621. The molecule has 28 heavy (non-hydrogen) atoms. The molecule has 1 saturated heterocycles. The molecule has 7 nitrogen and oxygen atoms in total. The van der Waals surface area contributed by atoms with Gasteiger partial charge in [0.2, 0.25) is 11.8 Å². The predicted octanol–water partition coefficient (Wildman–Crippen LogP) is 2.07. The molecule has 3 aromatic rings. The van der Waals surface area contributed by atoms with Crippen molar-refractivity contribution in [3.8, 4) is 5.75 Å². The minimum atomic E-state index is -0.113. The average molecular weight is 378 g/mol. The van der Waals surface area contributed by atoms with Crippen molar-refractivity contribution < 1.29 is 14.3 Å². The summed E-state index contributed by atoms with van der Waals surface area (Å²) < 4.78 is 7.29. The fourth-order valence-electron chi connectivity index (χ4n) is 3.59. The number of hydrogen-bond acceptors (Lipinski definition) is 4. The van der Waals surface area contributed by atoms with E-state index in [1.807, 2.05) is 53.9 Å². The van der Waals surface area contributed by atoms with Crippen molar-refractivity contribution in [2.24, 2.45) is 0 Å². The first kappa shape index (κ1) is 18.0. The van der Waals surface area contributed by atoms with Crippen molar-refractivity contribution >= 4 is 23.1 Å². The van der Waals surface area contributed by atoms with E-state index >= 15 is 0 Å². The maximum Gasteiger partial charge on any atom is 0.246 e. The van der Waals surface area contributed by atoms with E-state index in [-0.39, 0.29) is 24.8 Å².